The SMILES string of the molecule is CCOc1cc(COCC(C)OCC)ccc1[C@@]1(O)CCNC[C@@H]1OCc1ccc2c(c1)N(CCCOC)CCO2. The van der Waals surface area contributed by atoms with Gasteiger partial charge >= 0.3 is 0 Å². The molecule has 9 heteroatoms. The third-order valence-electron chi connectivity index (χ3n) is 7.64. The number of rotatable bonds is 16. The van der Waals surface area contributed by atoms with Gasteiger partial charge in [0.2, 0.25) is 0 Å². The second-order valence-electron chi connectivity index (χ2n) is 10.7. The van der Waals surface area contributed by atoms with Gasteiger partial charge in [-0.15, -0.1) is 0 Å². The minimum absolute atomic E-state index is 0.0420. The van der Waals surface area contributed by atoms with Crippen molar-refractivity contribution in [3.63, 3.8) is 0 Å². The molecule has 9 nitrogen and oxygen atoms in total. The summed E-state index contributed by atoms with van der Waals surface area (Å²) in [5.41, 5.74) is 2.67. The maximum Gasteiger partial charge on any atom is 0.142 e. The van der Waals surface area contributed by atoms with Crippen molar-refractivity contribution in [3.8, 4) is 11.5 Å². The highest BCUT2D eigenvalue weighted by Crippen LogP contribution is 2.40. The van der Waals surface area contributed by atoms with Gasteiger partial charge < -0.3 is 43.7 Å². The number of hydrogen-bond acceptors (Lipinski definition) is 9. The molecule has 2 aromatic carbocycles. The monoisotopic (exact) mass is 572 g/mol. The maximum absolute atomic E-state index is 12.1. The number of anilines is 1. The van der Waals surface area contributed by atoms with E-state index in [-0.39, 0.29) is 6.10 Å². The first-order chi connectivity index (χ1) is 20.0. The van der Waals surface area contributed by atoms with Gasteiger partial charge in [-0.2, -0.15) is 0 Å². The average molecular weight is 573 g/mol. The first-order valence-corrected chi connectivity index (χ1v) is 15.0. The lowest BCUT2D eigenvalue weighted by molar-refractivity contribution is -0.135. The highest BCUT2D eigenvalue weighted by Gasteiger charge is 2.43. The van der Waals surface area contributed by atoms with E-state index in [9.17, 15) is 5.11 Å². The molecule has 0 aliphatic carbocycles. The van der Waals surface area contributed by atoms with Crippen molar-refractivity contribution in [1.29, 1.82) is 0 Å². The van der Waals surface area contributed by atoms with Crippen LogP contribution in [0.25, 0.3) is 0 Å². The molecule has 2 aromatic rings. The van der Waals surface area contributed by atoms with Gasteiger partial charge in [0.25, 0.3) is 0 Å². The van der Waals surface area contributed by atoms with Crippen LogP contribution in [0.4, 0.5) is 5.69 Å². The first kappa shape index (κ1) is 31.5. The van der Waals surface area contributed by atoms with Crippen molar-refractivity contribution < 1.29 is 33.5 Å². The fraction of sp³-hybridized carbons (Fsp3) is 0.625. The molecule has 0 spiro atoms. The second-order valence-corrected chi connectivity index (χ2v) is 10.7. The van der Waals surface area contributed by atoms with Crippen molar-refractivity contribution in [3.05, 3.63) is 53.1 Å². The number of nitrogens with one attached hydrogen (secondary N) is 1. The lowest BCUT2D eigenvalue weighted by atomic mass is 9.81. The van der Waals surface area contributed by atoms with Crippen LogP contribution in [0.3, 0.4) is 0 Å². The van der Waals surface area contributed by atoms with Crippen molar-refractivity contribution in [2.24, 2.45) is 0 Å². The summed E-state index contributed by atoms with van der Waals surface area (Å²) in [6.07, 6.45) is 1.07. The standard InChI is InChI=1S/C32H48N2O7/c1-5-38-24(3)21-37-22-26-8-10-27(30(19-26)39-6-2)32(35)12-13-33-20-31(32)41-23-25-9-11-29-28(18-25)34(15-17-40-29)14-7-16-36-4/h8-11,18-19,24,31,33,35H,5-7,12-17,20-23H2,1-4H3/t24?,31-,32-/m0/s1. The van der Waals surface area contributed by atoms with Crippen LogP contribution in [0, 0.1) is 0 Å². The van der Waals surface area contributed by atoms with Gasteiger partial charge in [0, 0.05) is 39.0 Å². The number of ether oxygens (including phenoxy) is 6. The Kier molecular flexibility index (Phi) is 12.1. The highest BCUT2D eigenvalue weighted by molar-refractivity contribution is 5.61. The quantitative estimate of drug-likeness (QED) is 0.289. The molecule has 2 heterocycles. The molecule has 3 atom stereocenters. The zero-order valence-electron chi connectivity index (χ0n) is 25.2. The largest absolute Gasteiger partial charge is 0.493 e. The Labute approximate surface area is 245 Å². The molecule has 0 bridgehead atoms. The third-order valence-corrected chi connectivity index (χ3v) is 7.64. The van der Waals surface area contributed by atoms with Crippen LogP contribution in [0.15, 0.2) is 36.4 Å². The Morgan fingerprint density at radius 2 is 1.95 bits per heavy atom. The van der Waals surface area contributed by atoms with Crippen LogP contribution in [0.5, 0.6) is 11.5 Å². The minimum Gasteiger partial charge on any atom is -0.493 e. The predicted molar refractivity (Wildman–Crippen MR) is 159 cm³/mol. The van der Waals surface area contributed by atoms with Crippen molar-refractivity contribution in [2.45, 2.75) is 64.6 Å². The predicted octanol–water partition coefficient (Wildman–Crippen LogP) is 4.03. The van der Waals surface area contributed by atoms with Crippen LogP contribution in [-0.2, 0) is 37.8 Å². The first-order valence-electron chi connectivity index (χ1n) is 15.0. The van der Waals surface area contributed by atoms with Gasteiger partial charge in [0.15, 0.2) is 0 Å². The molecule has 2 aliphatic rings. The number of aliphatic hydroxyl groups is 1. The Hall–Kier alpha value is -2.40. The van der Waals surface area contributed by atoms with E-state index in [0.717, 1.165) is 54.2 Å². The summed E-state index contributed by atoms with van der Waals surface area (Å²) in [4.78, 5) is 2.34. The van der Waals surface area contributed by atoms with Crippen LogP contribution in [-0.4, -0.2) is 83.6 Å². The average Bonchev–Trinajstić information content (AvgIpc) is 2.97. The van der Waals surface area contributed by atoms with Crippen LogP contribution in [0.1, 0.15) is 50.3 Å². The lowest BCUT2D eigenvalue weighted by Gasteiger charge is -2.41. The number of methoxy groups -OCH3 is 1. The molecule has 1 fully saturated rings. The fourth-order valence-electron chi connectivity index (χ4n) is 5.55. The third kappa shape index (κ3) is 8.34. The molecule has 0 radical (unpaired) electrons. The molecule has 1 unspecified atom stereocenters. The molecule has 2 aliphatic heterocycles. The van der Waals surface area contributed by atoms with Crippen molar-refractivity contribution in [2.75, 3.05) is 71.2 Å². The zero-order valence-corrected chi connectivity index (χ0v) is 25.2. The van der Waals surface area contributed by atoms with Gasteiger partial charge in [0.1, 0.15) is 29.8 Å². The summed E-state index contributed by atoms with van der Waals surface area (Å²) < 4.78 is 35.1. The molecule has 0 saturated carbocycles. The minimum atomic E-state index is -1.19. The Bertz CT molecular complexity index is 1080. The van der Waals surface area contributed by atoms with E-state index in [4.69, 9.17) is 28.4 Å². The van der Waals surface area contributed by atoms with Gasteiger partial charge in [-0.1, -0.05) is 18.2 Å². The summed E-state index contributed by atoms with van der Waals surface area (Å²) in [5.74, 6) is 1.56. The lowest BCUT2D eigenvalue weighted by Crippen LogP contribution is -2.53. The maximum atomic E-state index is 12.1. The van der Waals surface area contributed by atoms with E-state index in [1.807, 2.05) is 51.1 Å². The smallest absolute Gasteiger partial charge is 0.142 e. The van der Waals surface area contributed by atoms with E-state index in [1.54, 1.807) is 7.11 Å². The van der Waals surface area contributed by atoms with Gasteiger partial charge in [-0.3, -0.25) is 0 Å². The van der Waals surface area contributed by atoms with E-state index in [1.165, 1.54) is 0 Å². The summed E-state index contributed by atoms with van der Waals surface area (Å²) in [6.45, 7) is 12.8. The normalized spacial score (nSPS) is 21.3. The molecule has 1 saturated heterocycles. The van der Waals surface area contributed by atoms with Crippen LogP contribution in [0.2, 0.25) is 0 Å². The fourth-order valence-corrected chi connectivity index (χ4v) is 5.55. The summed E-state index contributed by atoms with van der Waals surface area (Å²) in [5, 5.41) is 15.5. The summed E-state index contributed by atoms with van der Waals surface area (Å²) in [6, 6.07) is 12.1. The molecule has 0 aromatic heterocycles. The summed E-state index contributed by atoms with van der Waals surface area (Å²) in [7, 11) is 1.73. The van der Waals surface area contributed by atoms with E-state index >= 15 is 0 Å². The van der Waals surface area contributed by atoms with Gasteiger partial charge in [-0.05, 0) is 69.5 Å². The Morgan fingerprint density at radius 3 is 2.76 bits per heavy atom. The number of hydrogen-bond donors (Lipinski definition) is 2. The van der Waals surface area contributed by atoms with Crippen molar-refractivity contribution in [1.82, 2.24) is 5.32 Å². The Morgan fingerprint density at radius 1 is 1.12 bits per heavy atom. The molecule has 41 heavy (non-hydrogen) atoms. The number of fused-ring (bicyclic) bond motifs is 1. The molecular weight excluding hydrogens is 524 g/mol. The number of piperidine rings is 1. The zero-order chi connectivity index (χ0) is 29.1. The molecule has 4 rings (SSSR count). The number of nitrogens with zero attached hydrogens (tertiary/aromatic N) is 1. The number of benzene rings is 2. The molecule has 0 amide bonds. The summed E-state index contributed by atoms with van der Waals surface area (Å²) >= 11 is 0. The molecule has 228 valence electrons. The van der Waals surface area contributed by atoms with Crippen LogP contribution < -0.4 is 19.7 Å². The molecule has 2 N–H and O–H groups in total. The van der Waals surface area contributed by atoms with E-state index < -0.39 is 11.7 Å². The van der Waals surface area contributed by atoms with Crippen LogP contribution >= 0.6 is 0 Å². The Balaban J connectivity index is 1.46. The van der Waals surface area contributed by atoms with Crippen molar-refractivity contribution >= 4 is 5.69 Å². The van der Waals surface area contributed by atoms with E-state index in [0.29, 0.717) is 64.9 Å². The topological polar surface area (TPSA) is 90.9 Å². The van der Waals surface area contributed by atoms with Gasteiger partial charge in [0.05, 0.1) is 44.8 Å². The van der Waals surface area contributed by atoms with Gasteiger partial charge in [-0.25, -0.2) is 0 Å². The van der Waals surface area contributed by atoms with E-state index in [2.05, 4.69) is 16.3 Å². The molecular formula is C32H48N2O7. The second kappa shape index (κ2) is 15.7. The highest BCUT2D eigenvalue weighted by atomic mass is 16.5.